The van der Waals surface area contributed by atoms with Crippen LogP contribution in [0.25, 0.3) is 0 Å². The summed E-state index contributed by atoms with van der Waals surface area (Å²) in [6.07, 6.45) is 0. The van der Waals surface area contributed by atoms with E-state index in [1.54, 1.807) is 7.05 Å². The standard InChI is InChI=1S/C12H19N7O/c1-7-9(8(2)20-18-7)6-14-11-15-10(13-3)16-12(17-11)19(4)5/h6H2,1-5H3,(H2,13,14,15,16,17). The van der Waals surface area contributed by atoms with Crippen LogP contribution in [0, 0.1) is 13.8 Å². The Kier molecular flexibility index (Phi) is 4.02. The van der Waals surface area contributed by atoms with Gasteiger partial charge in [0.2, 0.25) is 17.8 Å². The van der Waals surface area contributed by atoms with Crippen molar-refractivity contribution in [3.63, 3.8) is 0 Å². The molecule has 2 aromatic heterocycles. The predicted molar refractivity (Wildman–Crippen MR) is 77.0 cm³/mol. The van der Waals surface area contributed by atoms with Crippen LogP contribution >= 0.6 is 0 Å². The van der Waals surface area contributed by atoms with E-state index in [9.17, 15) is 0 Å². The quantitative estimate of drug-likeness (QED) is 0.842. The molecular weight excluding hydrogens is 258 g/mol. The number of nitrogens with one attached hydrogen (secondary N) is 2. The zero-order chi connectivity index (χ0) is 14.7. The van der Waals surface area contributed by atoms with E-state index in [-0.39, 0.29) is 0 Å². The highest BCUT2D eigenvalue weighted by molar-refractivity contribution is 5.43. The molecule has 0 bridgehead atoms. The van der Waals surface area contributed by atoms with Crippen molar-refractivity contribution in [3.8, 4) is 0 Å². The summed E-state index contributed by atoms with van der Waals surface area (Å²) in [5.41, 5.74) is 1.88. The van der Waals surface area contributed by atoms with Gasteiger partial charge in [0, 0.05) is 33.3 Å². The largest absolute Gasteiger partial charge is 0.361 e. The molecule has 108 valence electrons. The lowest BCUT2D eigenvalue weighted by molar-refractivity contribution is 0.392. The summed E-state index contributed by atoms with van der Waals surface area (Å²) in [4.78, 5) is 14.7. The van der Waals surface area contributed by atoms with Gasteiger partial charge >= 0.3 is 0 Å². The minimum atomic E-state index is 0.507. The van der Waals surface area contributed by atoms with Gasteiger partial charge in [-0.05, 0) is 13.8 Å². The minimum absolute atomic E-state index is 0.507. The second kappa shape index (κ2) is 5.72. The molecular formula is C12H19N7O. The fourth-order valence-corrected chi connectivity index (χ4v) is 1.68. The molecule has 0 aromatic carbocycles. The summed E-state index contributed by atoms with van der Waals surface area (Å²) in [5, 5.41) is 10.0. The monoisotopic (exact) mass is 277 g/mol. The maximum atomic E-state index is 5.13. The minimum Gasteiger partial charge on any atom is -0.361 e. The van der Waals surface area contributed by atoms with Crippen LogP contribution in [0.2, 0.25) is 0 Å². The molecule has 0 amide bonds. The van der Waals surface area contributed by atoms with E-state index in [1.165, 1.54) is 0 Å². The SMILES string of the molecule is CNc1nc(NCc2c(C)noc2C)nc(N(C)C)n1. The Morgan fingerprint density at radius 2 is 1.80 bits per heavy atom. The molecule has 8 heteroatoms. The smallest absolute Gasteiger partial charge is 0.231 e. The van der Waals surface area contributed by atoms with Crippen molar-refractivity contribution in [1.82, 2.24) is 20.1 Å². The number of hydrogen-bond donors (Lipinski definition) is 2. The molecule has 0 saturated carbocycles. The van der Waals surface area contributed by atoms with Gasteiger partial charge in [0.05, 0.1) is 5.69 Å². The van der Waals surface area contributed by atoms with Crippen molar-refractivity contribution in [2.45, 2.75) is 20.4 Å². The molecule has 0 unspecified atom stereocenters. The average Bonchev–Trinajstić information content (AvgIpc) is 2.75. The summed E-state index contributed by atoms with van der Waals surface area (Å²) >= 11 is 0. The Bertz CT molecular complexity index is 574. The number of rotatable bonds is 5. The van der Waals surface area contributed by atoms with Crippen molar-refractivity contribution < 1.29 is 4.52 Å². The molecule has 0 fully saturated rings. The van der Waals surface area contributed by atoms with Crippen LogP contribution in [0.3, 0.4) is 0 Å². The highest BCUT2D eigenvalue weighted by Crippen LogP contribution is 2.15. The molecule has 2 heterocycles. The number of nitrogens with zero attached hydrogens (tertiary/aromatic N) is 5. The van der Waals surface area contributed by atoms with Gasteiger partial charge in [0.25, 0.3) is 0 Å². The Morgan fingerprint density at radius 1 is 1.10 bits per heavy atom. The van der Waals surface area contributed by atoms with Gasteiger partial charge in [-0.15, -0.1) is 0 Å². The van der Waals surface area contributed by atoms with Crippen LogP contribution in [0.4, 0.5) is 17.8 Å². The number of anilines is 3. The molecule has 2 aromatic rings. The zero-order valence-corrected chi connectivity index (χ0v) is 12.4. The molecule has 2 N–H and O–H groups in total. The highest BCUT2D eigenvalue weighted by atomic mass is 16.5. The van der Waals surface area contributed by atoms with E-state index in [4.69, 9.17) is 4.52 Å². The van der Waals surface area contributed by atoms with Crippen LogP contribution < -0.4 is 15.5 Å². The molecule has 2 rings (SSSR count). The van der Waals surface area contributed by atoms with Gasteiger partial charge in [-0.2, -0.15) is 15.0 Å². The van der Waals surface area contributed by atoms with Crippen LogP contribution in [-0.2, 0) is 6.54 Å². The van der Waals surface area contributed by atoms with Gasteiger partial charge in [-0.3, -0.25) is 0 Å². The fourth-order valence-electron chi connectivity index (χ4n) is 1.68. The lowest BCUT2D eigenvalue weighted by Crippen LogP contribution is -2.16. The second-order valence-corrected chi connectivity index (χ2v) is 4.58. The van der Waals surface area contributed by atoms with Gasteiger partial charge in [0.15, 0.2) is 0 Å². The van der Waals surface area contributed by atoms with Crippen molar-refractivity contribution >= 4 is 17.8 Å². The summed E-state index contributed by atoms with van der Waals surface area (Å²) in [7, 11) is 5.53. The van der Waals surface area contributed by atoms with E-state index in [0.717, 1.165) is 17.0 Å². The molecule has 0 atom stereocenters. The van der Waals surface area contributed by atoms with Crippen molar-refractivity contribution in [2.24, 2.45) is 0 Å². The lowest BCUT2D eigenvalue weighted by atomic mass is 10.2. The molecule has 0 aliphatic heterocycles. The second-order valence-electron chi connectivity index (χ2n) is 4.58. The first-order chi connectivity index (χ1) is 9.51. The first-order valence-electron chi connectivity index (χ1n) is 6.28. The fraction of sp³-hybridized carbons (Fsp3) is 0.500. The van der Waals surface area contributed by atoms with Crippen molar-refractivity contribution in [3.05, 3.63) is 17.0 Å². The highest BCUT2D eigenvalue weighted by Gasteiger charge is 2.11. The number of aromatic nitrogens is 4. The van der Waals surface area contributed by atoms with E-state index >= 15 is 0 Å². The molecule has 0 aliphatic rings. The molecule has 0 aliphatic carbocycles. The number of hydrogen-bond acceptors (Lipinski definition) is 8. The molecule has 20 heavy (non-hydrogen) atoms. The van der Waals surface area contributed by atoms with Gasteiger partial charge in [-0.1, -0.05) is 5.16 Å². The summed E-state index contributed by atoms with van der Waals surface area (Å²) in [6.45, 7) is 4.35. The Morgan fingerprint density at radius 3 is 2.35 bits per heavy atom. The average molecular weight is 277 g/mol. The normalized spacial score (nSPS) is 10.4. The summed E-state index contributed by atoms with van der Waals surface area (Å²) in [5.74, 6) is 2.41. The summed E-state index contributed by atoms with van der Waals surface area (Å²) < 4.78 is 5.13. The molecule has 8 nitrogen and oxygen atoms in total. The third kappa shape index (κ3) is 2.95. The topological polar surface area (TPSA) is 92.0 Å². The van der Waals surface area contributed by atoms with E-state index in [2.05, 4.69) is 30.7 Å². The van der Waals surface area contributed by atoms with Crippen LogP contribution in [-0.4, -0.2) is 41.3 Å². The van der Waals surface area contributed by atoms with Gasteiger partial charge in [0.1, 0.15) is 5.76 Å². The van der Waals surface area contributed by atoms with Crippen LogP contribution in [0.1, 0.15) is 17.0 Å². The predicted octanol–water partition coefficient (Wildman–Crippen LogP) is 1.20. The summed E-state index contributed by atoms with van der Waals surface area (Å²) in [6, 6.07) is 0. The Hall–Kier alpha value is -2.38. The van der Waals surface area contributed by atoms with E-state index in [1.807, 2.05) is 32.8 Å². The molecule has 0 spiro atoms. The van der Waals surface area contributed by atoms with Crippen LogP contribution in [0.5, 0.6) is 0 Å². The zero-order valence-electron chi connectivity index (χ0n) is 12.4. The van der Waals surface area contributed by atoms with E-state index in [0.29, 0.717) is 24.4 Å². The van der Waals surface area contributed by atoms with Gasteiger partial charge in [-0.25, -0.2) is 0 Å². The molecule has 0 saturated heterocycles. The molecule has 0 radical (unpaired) electrons. The maximum absolute atomic E-state index is 5.13. The van der Waals surface area contributed by atoms with E-state index < -0.39 is 0 Å². The van der Waals surface area contributed by atoms with Crippen molar-refractivity contribution in [1.29, 1.82) is 0 Å². The van der Waals surface area contributed by atoms with Crippen molar-refractivity contribution in [2.75, 3.05) is 36.7 Å². The number of aryl methyl sites for hydroxylation is 2. The van der Waals surface area contributed by atoms with Gasteiger partial charge < -0.3 is 20.1 Å². The Labute approximate surface area is 117 Å². The third-order valence-electron chi connectivity index (χ3n) is 2.85. The Balaban J connectivity index is 2.19. The lowest BCUT2D eigenvalue weighted by Gasteiger charge is -2.13. The first-order valence-corrected chi connectivity index (χ1v) is 6.28. The first kappa shape index (κ1) is 14.0. The maximum Gasteiger partial charge on any atom is 0.231 e. The third-order valence-corrected chi connectivity index (χ3v) is 2.85. The van der Waals surface area contributed by atoms with Crippen LogP contribution in [0.15, 0.2) is 4.52 Å².